The summed E-state index contributed by atoms with van der Waals surface area (Å²) in [6.07, 6.45) is 0. The zero-order chi connectivity index (χ0) is 19.6. The topological polar surface area (TPSA) is 69.7 Å². The average molecular weight is 396 g/mol. The minimum Gasteiger partial charge on any atom is -0.462 e. The van der Waals surface area contributed by atoms with Crippen LogP contribution in [0, 0.1) is 29.1 Å². The summed E-state index contributed by atoms with van der Waals surface area (Å²) in [4.78, 5) is 10.8. The number of hydrogen-bond acceptors (Lipinski definition) is 5. The van der Waals surface area contributed by atoms with Crippen LogP contribution in [0.1, 0.15) is 17.3 Å². The Morgan fingerprint density at radius 2 is 1.50 bits per heavy atom. The first-order valence-electron chi connectivity index (χ1n) is 6.83. The van der Waals surface area contributed by atoms with E-state index in [1.807, 2.05) is 0 Å². The maximum Gasteiger partial charge on any atom is 0.339 e. The van der Waals surface area contributed by atoms with E-state index in [-0.39, 0.29) is 12.2 Å². The van der Waals surface area contributed by atoms with Gasteiger partial charge < -0.3 is 8.92 Å². The van der Waals surface area contributed by atoms with Crippen LogP contribution in [0.15, 0.2) is 29.2 Å². The normalized spacial score (nSPS) is 11.3. The number of hydrogen-bond donors (Lipinski definition) is 0. The minimum absolute atomic E-state index is 0.00311. The van der Waals surface area contributed by atoms with Gasteiger partial charge in [-0.05, 0) is 25.1 Å². The molecule has 2 aromatic rings. The van der Waals surface area contributed by atoms with Crippen LogP contribution < -0.4 is 4.18 Å². The second-order valence-corrected chi connectivity index (χ2v) is 6.23. The molecular formula is C15H9F5O5S. The van der Waals surface area contributed by atoms with Crippen LogP contribution in [0.3, 0.4) is 0 Å². The molecule has 0 saturated carbocycles. The molecule has 0 spiro atoms. The van der Waals surface area contributed by atoms with Crippen molar-refractivity contribution in [1.82, 2.24) is 0 Å². The molecule has 0 aliphatic heterocycles. The van der Waals surface area contributed by atoms with Crippen LogP contribution >= 0.6 is 0 Å². The lowest BCUT2D eigenvalue weighted by atomic mass is 10.2. The quantitative estimate of drug-likeness (QED) is 0.255. The number of benzene rings is 2. The van der Waals surface area contributed by atoms with Gasteiger partial charge in [-0.3, -0.25) is 0 Å². The summed E-state index contributed by atoms with van der Waals surface area (Å²) in [5.41, 5.74) is -0.228. The third-order valence-electron chi connectivity index (χ3n) is 3.00. The molecular weight excluding hydrogens is 387 g/mol. The van der Waals surface area contributed by atoms with Crippen LogP contribution in [0.5, 0.6) is 5.75 Å². The minimum atomic E-state index is -5.02. The van der Waals surface area contributed by atoms with Crippen molar-refractivity contribution in [3.8, 4) is 5.75 Å². The maximum absolute atomic E-state index is 13.6. The fourth-order valence-electron chi connectivity index (χ4n) is 1.81. The van der Waals surface area contributed by atoms with Crippen LogP contribution in [-0.4, -0.2) is 21.0 Å². The van der Waals surface area contributed by atoms with Crippen molar-refractivity contribution in [3.63, 3.8) is 0 Å². The molecule has 0 aromatic heterocycles. The molecule has 0 atom stereocenters. The van der Waals surface area contributed by atoms with Gasteiger partial charge in [0.1, 0.15) is 4.90 Å². The molecule has 2 aromatic carbocycles. The Hall–Kier alpha value is -2.69. The third kappa shape index (κ3) is 3.62. The van der Waals surface area contributed by atoms with E-state index in [1.54, 1.807) is 0 Å². The lowest BCUT2D eigenvalue weighted by Crippen LogP contribution is -2.15. The van der Waals surface area contributed by atoms with Gasteiger partial charge in [0, 0.05) is 0 Å². The second kappa shape index (κ2) is 7.28. The Bertz CT molecular complexity index is 946. The molecule has 26 heavy (non-hydrogen) atoms. The number of carbonyl (C=O) groups excluding carboxylic acids is 1. The maximum atomic E-state index is 13.6. The van der Waals surface area contributed by atoms with Gasteiger partial charge in [-0.2, -0.15) is 17.2 Å². The predicted molar refractivity (Wildman–Crippen MR) is 76.4 cm³/mol. The van der Waals surface area contributed by atoms with E-state index in [0.29, 0.717) is 0 Å². The van der Waals surface area contributed by atoms with E-state index in [0.717, 1.165) is 18.2 Å². The highest BCUT2D eigenvalue weighted by atomic mass is 32.2. The van der Waals surface area contributed by atoms with Crippen molar-refractivity contribution in [2.24, 2.45) is 0 Å². The van der Waals surface area contributed by atoms with E-state index in [9.17, 15) is 35.2 Å². The summed E-state index contributed by atoms with van der Waals surface area (Å²) in [5, 5.41) is 0. The summed E-state index contributed by atoms with van der Waals surface area (Å²) in [6.45, 7) is 1.50. The van der Waals surface area contributed by atoms with Crippen LogP contribution in [0.2, 0.25) is 0 Å². The van der Waals surface area contributed by atoms with Gasteiger partial charge in [0.25, 0.3) is 0 Å². The molecule has 0 aliphatic carbocycles. The van der Waals surface area contributed by atoms with Gasteiger partial charge in [0.05, 0.1) is 12.2 Å². The van der Waals surface area contributed by atoms with Gasteiger partial charge in [-0.25, -0.2) is 18.0 Å². The summed E-state index contributed by atoms with van der Waals surface area (Å²) >= 11 is 0. The fraction of sp³-hybridized carbons (Fsp3) is 0.133. The molecule has 0 unspecified atom stereocenters. The van der Waals surface area contributed by atoms with Crippen molar-refractivity contribution in [3.05, 3.63) is 58.9 Å². The van der Waals surface area contributed by atoms with Crippen molar-refractivity contribution >= 4 is 16.1 Å². The first-order chi connectivity index (χ1) is 12.1. The molecule has 0 bridgehead atoms. The van der Waals surface area contributed by atoms with Gasteiger partial charge in [-0.1, -0.05) is 6.07 Å². The average Bonchev–Trinajstić information content (AvgIpc) is 2.62. The Morgan fingerprint density at radius 3 is 2.04 bits per heavy atom. The predicted octanol–water partition coefficient (Wildman–Crippen LogP) is 3.33. The molecule has 0 aliphatic rings. The summed E-state index contributed by atoms with van der Waals surface area (Å²) < 4.78 is 99.3. The molecule has 0 saturated heterocycles. The van der Waals surface area contributed by atoms with Crippen LogP contribution in [0.4, 0.5) is 22.0 Å². The number of halogens is 5. The van der Waals surface area contributed by atoms with Gasteiger partial charge in [-0.15, -0.1) is 0 Å². The number of esters is 1. The highest BCUT2D eigenvalue weighted by Gasteiger charge is 2.31. The molecule has 5 nitrogen and oxygen atoms in total. The standard InChI is InChI=1S/C15H9F5O5S/c1-2-24-15(21)7-4-3-5-8(6-7)26(22,23)25-14-12(19)10(17)9(16)11(18)13(14)20/h3-6H,2H2,1H3. The molecule has 2 rings (SSSR count). The van der Waals surface area contributed by atoms with Crippen LogP contribution in [-0.2, 0) is 14.9 Å². The molecule has 0 N–H and O–H groups in total. The molecule has 0 radical (unpaired) electrons. The number of carbonyl (C=O) groups is 1. The van der Waals surface area contributed by atoms with Gasteiger partial charge in [0.15, 0.2) is 0 Å². The lowest BCUT2D eigenvalue weighted by Gasteiger charge is -2.11. The summed E-state index contributed by atoms with van der Waals surface area (Å²) in [6, 6.07) is 3.94. The first kappa shape index (κ1) is 19.6. The Balaban J connectivity index is 2.48. The molecule has 0 heterocycles. The monoisotopic (exact) mass is 396 g/mol. The van der Waals surface area contributed by atoms with E-state index in [2.05, 4.69) is 8.92 Å². The zero-order valence-corrected chi connectivity index (χ0v) is 13.7. The molecule has 11 heteroatoms. The molecule has 0 amide bonds. The first-order valence-corrected chi connectivity index (χ1v) is 8.24. The van der Waals surface area contributed by atoms with E-state index >= 15 is 0 Å². The molecule has 140 valence electrons. The highest BCUT2D eigenvalue weighted by molar-refractivity contribution is 7.87. The Kier molecular flexibility index (Phi) is 5.50. The van der Waals surface area contributed by atoms with Crippen molar-refractivity contribution in [2.75, 3.05) is 6.61 Å². The van der Waals surface area contributed by atoms with Crippen molar-refractivity contribution in [1.29, 1.82) is 0 Å². The third-order valence-corrected chi connectivity index (χ3v) is 4.21. The van der Waals surface area contributed by atoms with E-state index < -0.39 is 55.8 Å². The SMILES string of the molecule is CCOC(=O)c1cccc(S(=O)(=O)Oc2c(F)c(F)c(F)c(F)c2F)c1. The smallest absolute Gasteiger partial charge is 0.339 e. The zero-order valence-electron chi connectivity index (χ0n) is 12.9. The van der Waals surface area contributed by atoms with Crippen LogP contribution in [0.25, 0.3) is 0 Å². The lowest BCUT2D eigenvalue weighted by molar-refractivity contribution is 0.0526. The van der Waals surface area contributed by atoms with E-state index in [4.69, 9.17) is 0 Å². The number of rotatable bonds is 5. The largest absolute Gasteiger partial charge is 0.462 e. The second-order valence-electron chi connectivity index (χ2n) is 4.68. The fourth-order valence-corrected chi connectivity index (χ4v) is 2.79. The summed E-state index contributed by atoms with van der Waals surface area (Å²) in [7, 11) is -5.02. The van der Waals surface area contributed by atoms with E-state index in [1.165, 1.54) is 13.0 Å². The number of ether oxygens (including phenoxy) is 1. The Morgan fingerprint density at radius 1 is 0.962 bits per heavy atom. The summed E-state index contributed by atoms with van der Waals surface area (Å²) in [5.74, 6) is -15.0. The highest BCUT2D eigenvalue weighted by Crippen LogP contribution is 2.31. The van der Waals surface area contributed by atoms with Crippen molar-refractivity contribution in [2.45, 2.75) is 11.8 Å². The van der Waals surface area contributed by atoms with Crippen molar-refractivity contribution < 1.29 is 44.1 Å². The van der Waals surface area contributed by atoms with Gasteiger partial charge >= 0.3 is 16.1 Å². The van der Waals surface area contributed by atoms with Gasteiger partial charge in [0.2, 0.25) is 34.8 Å². The Labute approximate surface area is 144 Å². The molecule has 0 fully saturated rings.